The van der Waals surface area contributed by atoms with Crippen molar-refractivity contribution in [3.63, 3.8) is 0 Å². The lowest BCUT2D eigenvalue weighted by molar-refractivity contribution is 0.372. The summed E-state index contributed by atoms with van der Waals surface area (Å²) >= 11 is 2.36. The van der Waals surface area contributed by atoms with Crippen LogP contribution in [0.1, 0.15) is 51.9 Å². The van der Waals surface area contributed by atoms with E-state index in [2.05, 4.69) is 33.6 Å². The van der Waals surface area contributed by atoms with Crippen molar-refractivity contribution >= 4 is 22.6 Å². The van der Waals surface area contributed by atoms with Crippen molar-refractivity contribution < 1.29 is 0 Å². The molecule has 70 valence electrons. The number of rotatable bonds is 5. The summed E-state index contributed by atoms with van der Waals surface area (Å²) in [7, 11) is 0. The molecule has 0 N–H and O–H groups in total. The molecule has 1 saturated carbocycles. The van der Waals surface area contributed by atoms with Gasteiger partial charge in [0.1, 0.15) is 0 Å². The number of unbranched alkanes of at least 4 members (excludes halogenated alkanes) is 3. The molecule has 0 radical (unpaired) electrons. The topological polar surface area (TPSA) is 0 Å². The first-order valence-electron chi connectivity index (χ1n) is 5.15. The average molecular weight is 279 g/mol. The van der Waals surface area contributed by atoms with E-state index < -0.39 is 0 Å². The zero-order chi connectivity index (χ0) is 8.81. The Balaban J connectivity index is 1.90. The van der Waals surface area contributed by atoms with E-state index in [9.17, 15) is 0 Å². The zero-order valence-electron chi connectivity index (χ0n) is 7.98. The van der Waals surface area contributed by atoms with Crippen LogP contribution in [0.25, 0.3) is 0 Å². The van der Waals surface area contributed by atoms with Gasteiger partial charge < -0.3 is 0 Å². The number of allylic oxidation sites excluding steroid dienone is 1. The van der Waals surface area contributed by atoms with Gasteiger partial charge in [-0.15, -0.1) is 0 Å². The maximum atomic E-state index is 2.36. The highest BCUT2D eigenvalue weighted by Gasteiger charge is 2.21. The Hall–Kier alpha value is 0.470. The molecule has 0 saturated heterocycles. The quantitative estimate of drug-likeness (QED) is 0.389. The summed E-state index contributed by atoms with van der Waals surface area (Å²) in [6, 6.07) is 0. The van der Waals surface area contributed by atoms with Crippen LogP contribution >= 0.6 is 22.6 Å². The second-order valence-corrected chi connectivity index (χ2v) is 4.51. The van der Waals surface area contributed by atoms with Gasteiger partial charge in [0.2, 0.25) is 0 Å². The van der Waals surface area contributed by atoms with E-state index in [1.54, 1.807) is 5.57 Å². The lowest BCUT2D eigenvalue weighted by atomic mass is 9.79. The van der Waals surface area contributed by atoms with E-state index in [0.717, 1.165) is 5.92 Å². The normalized spacial score (nSPS) is 22.2. The summed E-state index contributed by atoms with van der Waals surface area (Å²) in [6.45, 7) is 2.28. The minimum atomic E-state index is 1.04. The van der Waals surface area contributed by atoms with Gasteiger partial charge in [-0.05, 0) is 29.3 Å². The van der Waals surface area contributed by atoms with E-state index >= 15 is 0 Å². The van der Waals surface area contributed by atoms with Crippen LogP contribution in [-0.4, -0.2) is 0 Å². The molecule has 1 aliphatic rings. The first-order valence-corrected chi connectivity index (χ1v) is 6.39. The third-order valence-electron chi connectivity index (χ3n) is 2.72. The SMILES string of the molecule is CCCCCCC1CC(=[13CH]I)C1. The molecule has 0 aromatic rings. The molecule has 0 spiro atoms. The minimum absolute atomic E-state index is 1.04. The molecule has 0 aromatic carbocycles. The Bertz CT molecular complexity index is 141. The Morgan fingerprint density at radius 2 is 2.08 bits per heavy atom. The first-order chi connectivity index (χ1) is 5.86. The lowest BCUT2D eigenvalue weighted by Crippen LogP contribution is -2.13. The van der Waals surface area contributed by atoms with Crippen molar-refractivity contribution in [3.8, 4) is 0 Å². The molecule has 1 fully saturated rings. The molecule has 0 aliphatic heterocycles. The predicted octanol–water partition coefficient (Wildman–Crippen LogP) is 4.69. The summed E-state index contributed by atoms with van der Waals surface area (Å²) in [4.78, 5) is 0. The fraction of sp³-hybridized carbons (Fsp3) is 0.818. The highest BCUT2D eigenvalue weighted by Crippen LogP contribution is 2.37. The molecule has 12 heavy (non-hydrogen) atoms. The summed E-state index contributed by atoms with van der Waals surface area (Å²) < 4.78 is 2.26. The van der Waals surface area contributed by atoms with Gasteiger partial charge >= 0.3 is 0 Å². The maximum absolute atomic E-state index is 2.36. The maximum Gasteiger partial charge on any atom is -0.0242 e. The van der Waals surface area contributed by atoms with E-state index in [0.29, 0.717) is 0 Å². The fourth-order valence-corrected chi connectivity index (χ4v) is 2.34. The second kappa shape index (κ2) is 6.01. The summed E-state index contributed by atoms with van der Waals surface area (Å²) in [5.41, 5.74) is 1.68. The fourth-order valence-electron chi connectivity index (χ4n) is 1.83. The molecule has 1 heteroatoms. The van der Waals surface area contributed by atoms with Crippen LogP contribution < -0.4 is 0 Å². The van der Waals surface area contributed by atoms with Crippen LogP contribution in [0.3, 0.4) is 0 Å². The largest absolute Gasteiger partial charge is 0.0654 e. The van der Waals surface area contributed by atoms with Crippen LogP contribution in [-0.2, 0) is 0 Å². The van der Waals surface area contributed by atoms with Crippen molar-refractivity contribution in [2.45, 2.75) is 51.9 Å². The third-order valence-corrected chi connectivity index (χ3v) is 3.60. The zero-order valence-corrected chi connectivity index (χ0v) is 10.1. The predicted molar refractivity (Wildman–Crippen MR) is 63.6 cm³/mol. The van der Waals surface area contributed by atoms with Crippen LogP contribution in [0.4, 0.5) is 0 Å². The molecule has 1 rings (SSSR count). The van der Waals surface area contributed by atoms with Gasteiger partial charge in [-0.3, -0.25) is 0 Å². The van der Waals surface area contributed by atoms with Gasteiger partial charge in [-0.1, -0.05) is 60.8 Å². The van der Waals surface area contributed by atoms with Crippen molar-refractivity contribution in [2.75, 3.05) is 0 Å². The Labute approximate surface area is 90.0 Å². The van der Waals surface area contributed by atoms with E-state index in [4.69, 9.17) is 0 Å². The molecule has 1 aliphatic carbocycles. The molecule has 0 aromatic heterocycles. The molecule has 0 atom stereocenters. The lowest BCUT2D eigenvalue weighted by Gasteiger charge is -2.28. The summed E-state index contributed by atoms with van der Waals surface area (Å²) in [5, 5.41) is 0. The third kappa shape index (κ3) is 3.46. The van der Waals surface area contributed by atoms with Crippen LogP contribution in [0.2, 0.25) is 0 Å². The first kappa shape index (κ1) is 10.6. The van der Waals surface area contributed by atoms with Crippen LogP contribution in [0.15, 0.2) is 9.66 Å². The Morgan fingerprint density at radius 1 is 1.33 bits per heavy atom. The monoisotopic (exact) mass is 279 g/mol. The molecular formula is C11H19I. The van der Waals surface area contributed by atoms with E-state index in [-0.39, 0.29) is 0 Å². The standard InChI is InChI=1S/C11H19I/c1-2-3-4-5-6-10-7-11(8-10)9-12/h9-10H,2-8H2,1H3/i9+1. The number of hydrogen-bond acceptors (Lipinski definition) is 0. The van der Waals surface area contributed by atoms with Crippen molar-refractivity contribution in [1.29, 1.82) is 0 Å². The Morgan fingerprint density at radius 3 is 2.67 bits per heavy atom. The van der Waals surface area contributed by atoms with Crippen molar-refractivity contribution in [3.05, 3.63) is 9.66 Å². The van der Waals surface area contributed by atoms with Crippen molar-refractivity contribution in [2.24, 2.45) is 5.92 Å². The summed E-state index contributed by atoms with van der Waals surface area (Å²) in [5.74, 6) is 1.04. The number of halogens is 1. The second-order valence-electron chi connectivity index (χ2n) is 3.89. The highest BCUT2D eigenvalue weighted by atomic mass is 127. The minimum Gasteiger partial charge on any atom is -0.0654 e. The average Bonchev–Trinajstić information content (AvgIpc) is 2.01. The molecule has 0 heterocycles. The van der Waals surface area contributed by atoms with Gasteiger partial charge in [0.15, 0.2) is 0 Å². The van der Waals surface area contributed by atoms with Crippen LogP contribution in [0, 0.1) is 5.92 Å². The van der Waals surface area contributed by atoms with E-state index in [1.165, 1.54) is 44.9 Å². The van der Waals surface area contributed by atoms with Gasteiger partial charge in [0.25, 0.3) is 0 Å². The molecule has 0 bridgehead atoms. The Kier molecular flexibility index (Phi) is 5.28. The molecule has 0 amide bonds. The summed E-state index contributed by atoms with van der Waals surface area (Å²) in [6.07, 6.45) is 9.99. The van der Waals surface area contributed by atoms with Gasteiger partial charge in [0.05, 0.1) is 0 Å². The van der Waals surface area contributed by atoms with Gasteiger partial charge in [-0.25, -0.2) is 0 Å². The van der Waals surface area contributed by atoms with Gasteiger partial charge in [0, 0.05) is 0 Å². The highest BCUT2D eigenvalue weighted by molar-refractivity contribution is 14.1. The van der Waals surface area contributed by atoms with Crippen LogP contribution in [0.5, 0.6) is 0 Å². The molecule has 0 nitrogen and oxygen atoms in total. The molecule has 0 unspecified atom stereocenters. The molecular weight excluding hydrogens is 260 g/mol. The smallest absolute Gasteiger partial charge is 0.0242 e. The van der Waals surface area contributed by atoms with Crippen molar-refractivity contribution in [1.82, 2.24) is 0 Å². The van der Waals surface area contributed by atoms with E-state index in [1.807, 2.05) is 0 Å². The van der Waals surface area contributed by atoms with Gasteiger partial charge in [-0.2, -0.15) is 0 Å². The number of hydrogen-bond donors (Lipinski definition) is 0.